The number of hydrogen-bond donors (Lipinski definition) is 0. The molecule has 0 bridgehead atoms. The lowest BCUT2D eigenvalue weighted by Crippen LogP contribution is -1.99. The molecule has 0 saturated carbocycles. The Morgan fingerprint density at radius 1 is 1.78 bits per heavy atom. The van der Waals surface area contributed by atoms with Crippen molar-refractivity contribution in [2.45, 2.75) is 0 Å². The van der Waals surface area contributed by atoms with E-state index < -0.39 is 6.67 Å². The van der Waals surface area contributed by atoms with Gasteiger partial charge in [0.1, 0.15) is 13.3 Å². The van der Waals surface area contributed by atoms with Crippen molar-refractivity contribution in [2.24, 2.45) is 0 Å². The first-order valence-electron chi connectivity index (χ1n) is 2.38. The molecule has 0 unspecified atom stereocenters. The summed E-state index contributed by atoms with van der Waals surface area (Å²) in [6.07, 6.45) is 1.12. The summed E-state index contributed by atoms with van der Waals surface area (Å²) in [6, 6.07) is 0.0765. The van der Waals surface area contributed by atoms with Crippen LogP contribution in [0.4, 0.5) is 4.39 Å². The van der Waals surface area contributed by atoms with Gasteiger partial charge in [0.25, 0.3) is 0 Å². The van der Waals surface area contributed by atoms with Crippen molar-refractivity contribution in [1.82, 2.24) is 10.1 Å². The van der Waals surface area contributed by atoms with Crippen LogP contribution in [0.25, 0.3) is 0 Å². The highest BCUT2D eigenvalue weighted by atomic mass is 19.1. The Hall–Kier alpha value is -1.13. The highest BCUT2D eigenvalue weighted by Crippen LogP contribution is 1.96. The highest BCUT2D eigenvalue weighted by molar-refractivity contribution is 4.82. The number of halogens is 1. The molecule has 0 radical (unpaired) electrons. The third-order valence-corrected chi connectivity index (χ3v) is 0.649. The summed E-state index contributed by atoms with van der Waals surface area (Å²) < 4.78 is 20.3. The largest absolute Gasteiger partial charge is 0.459 e. The molecule has 1 heterocycles. The molecule has 0 aliphatic rings. The second-order valence-corrected chi connectivity index (χ2v) is 1.25. The van der Waals surface area contributed by atoms with Gasteiger partial charge in [-0.3, -0.25) is 0 Å². The molecule has 0 N–H and O–H groups in total. The van der Waals surface area contributed by atoms with Crippen molar-refractivity contribution in [2.75, 3.05) is 13.3 Å². The van der Waals surface area contributed by atoms with E-state index in [0.29, 0.717) is 0 Å². The molecule has 5 heteroatoms. The van der Waals surface area contributed by atoms with E-state index in [-0.39, 0.29) is 12.6 Å². The van der Waals surface area contributed by atoms with E-state index in [1.807, 2.05) is 0 Å². The molecule has 1 aromatic heterocycles. The van der Waals surface area contributed by atoms with E-state index in [1.54, 1.807) is 0 Å². The number of rotatable bonds is 3. The molecule has 1 rings (SSSR count). The van der Waals surface area contributed by atoms with Crippen LogP contribution >= 0.6 is 0 Å². The summed E-state index contributed by atoms with van der Waals surface area (Å²) in [6.45, 7) is -0.575. The summed E-state index contributed by atoms with van der Waals surface area (Å²) in [5.74, 6) is 0. The van der Waals surface area contributed by atoms with Gasteiger partial charge in [-0.05, 0) is 5.16 Å². The molecule has 0 fully saturated rings. The molecule has 0 spiro atoms. The average molecular weight is 132 g/mol. The van der Waals surface area contributed by atoms with Crippen LogP contribution in [0.2, 0.25) is 0 Å². The van der Waals surface area contributed by atoms with Crippen LogP contribution in [-0.2, 0) is 0 Å². The van der Waals surface area contributed by atoms with Crippen molar-refractivity contribution in [1.29, 1.82) is 0 Å². The van der Waals surface area contributed by atoms with Crippen LogP contribution in [0.15, 0.2) is 10.9 Å². The maximum Gasteiger partial charge on any atom is 0.354 e. The van der Waals surface area contributed by atoms with Gasteiger partial charge in [0.15, 0.2) is 0 Å². The Kier molecular flexibility index (Phi) is 2.00. The Labute approximate surface area is 50.6 Å². The van der Waals surface area contributed by atoms with Crippen LogP contribution in [0.1, 0.15) is 0 Å². The lowest BCUT2D eigenvalue weighted by Gasteiger charge is -1.91. The van der Waals surface area contributed by atoms with Gasteiger partial charge < -0.3 is 9.26 Å². The fraction of sp³-hybridized carbons (Fsp3) is 0.500. The minimum atomic E-state index is -0.547. The monoisotopic (exact) mass is 132 g/mol. The second-order valence-electron chi connectivity index (χ2n) is 1.25. The van der Waals surface area contributed by atoms with Crippen molar-refractivity contribution < 1.29 is 13.7 Å². The summed E-state index contributed by atoms with van der Waals surface area (Å²) in [5.41, 5.74) is 0. The smallest absolute Gasteiger partial charge is 0.354 e. The normalized spacial score (nSPS) is 9.44. The van der Waals surface area contributed by atoms with Gasteiger partial charge in [-0.2, -0.15) is 4.98 Å². The molecule has 1 aromatic rings. The molecule has 50 valence electrons. The van der Waals surface area contributed by atoms with Gasteiger partial charge in [-0.25, -0.2) is 4.39 Å². The van der Waals surface area contributed by atoms with Gasteiger partial charge >= 0.3 is 6.01 Å². The zero-order valence-corrected chi connectivity index (χ0v) is 4.58. The Balaban J connectivity index is 2.30. The quantitative estimate of drug-likeness (QED) is 0.597. The summed E-state index contributed by atoms with van der Waals surface area (Å²) in [7, 11) is 0. The lowest BCUT2D eigenvalue weighted by molar-refractivity contribution is 0.243. The zero-order chi connectivity index (χ0) is 6.53. The predicted molar refractivity (Wildman–Crippen MR) is 25.8 cm³/mol. The van der Waals surface area contributed by atoms with Crippen molar-refractivity contribution in [3.63, 3.8) is 0 Å². The maximum absolute atomic E-state index is 11.4. The molecular weight excluding hydrogens is 127 g/mol. The van der Waals surface area contributed by atoms with Crippen molar-refractivity contribution >= 4 is 0 Å². The first kappa shape index (κ1) is 6.00. The van der Waals surface area contributed by atoms with Gasteiger partial charge in [0.05, 0.1) is 0 Å². The summed E-state index contributed by atoms with van der Waals surface area (Å²) in [4.78, 5) is 3.49. The van der Waals surface area contributed by atoms with Crippen LogP contribution in [0.3, 0.4) is 0 Å². The molecule has 0 aliphatic heterocycles. The predicted octanol–water partition coefficient (Wildman–Crippen LogP) is 0.418. The minimum Gasteiger partial charge on any atom is -0.459 e. The van der Waals surface area contributed by atoms with Crippen molar-refractivity contribution in [3.05, 3.63) is 6.39 Å². The average Bonchev–Trinajstić information content (AvgIpc) is 2.34. The third-order valence-electron chi connectivity index (χ3n) is 0.649. The second kappa shape index (κ2) is 3.01. The fourth-order valence-corrected chi connectivity index (χ4v) is 0.354. The molecule has 0 aromatic carbocycles. The summed E-state index contributed by atoms with van der Waals surface area (Å²) >= 11 is 0. The molecule has 0 aliphatic carbocycles. The molecule has 0 saturated heterocycles. The SMILES string of the molecule is FCCOc1ncon1. The Morgan fingerprint density at radius 3 is 3.22 bits per heavy atom. The first-order chi connectivity index (χ1) is 4.43. The molecule has 0 amide bonds. The summed E-state index contributed by atoms with van der Waals surface area (Å²) in [5, 5.41) is 3.28. The number of alkyl halides is 1. The van der Waals surface area contributed by atoms with Gasteiger partial charge in [-0.15, -0.1) is 0 Å². The third kappa shape index (κ3) is 1.67. The zero-order valence-electron chi connectivity index (χ0n) is 4.58. The maximum atomic E-state index is 11.4. The van der Waals surface area contributed by atoms with Crippen LogP contribution in [0, 0.1) is 0 Å². The molecular formula is C4H5FN2O2. The molecule has 0 atom stereocenters. The van der Waals surface area contributed by atoms with Gasteiger partial charge in [0.2, 0.25) is 6.39 Å². The number of ether oxygens (including phenoxy) is 1. The van der Waals surface area contributed by atoms with E-state index in [9.17, 15) is 4.39 Å². The number of nitrogens with zero attached hydrogens (tertiary/aromatic N) is 2. The molecule has 4 nitrogen and oxygen atoms in total. The van der Waals surface area contributed by atoms with Crippen molar-refractivity contribution in [3.8, 4) is 6.01 Å². The highest BCUT2D eigenvalue weighted by Gasteiger charge is 1.95. The van der Waals surface area contributed by atoms with Crippen LogP contribution in [0.5, 0.6) is 6.01 Å². The van der Waals surface area contributed by atoms with Gasteiger partial charge in [0, 0.05) is 0 Å². The fourth-order valence-electron chi connectivity index (χ4n) is 0.354. The van der Waals surface area contributed by atoms with E-state index in [1.165, 1.54) is 0 Å². The molecule has 9 heavy (non-hydrogen) atoms. The van der Waals surface area contributed by atoms with Crippen LogP contribution in [-0.4, -0.2) is 23.4 Å². The Bertz CT molecular complexity index is 154. The minimum absolute atomic E-state index is 0.0282. The van der Waals surface area contributed by atoms with E-state index >= 15 is 0 Å². The van der Waals surface area contributed by atoms with E-state index in [0.717, 1.165) is 6.39 Å². The standard InChI is InChI=1S/C4H5FN2O2/c5-1-2-8-4-6-3-9-7-4/h3H,1-2H2. The lowest BCUT2D eigenvalue weighted by atomic mass is 10.8. The van der Waals surface area contributed by atoms with E-state index in [4.69, 9.17) is 0 Å². The topological polar surface area (TPSA) is 48.2 Å². The number of aromatic nitrogens is 2. The van der Waals surface area contributed by atoms with E-state index in [2.05, 4.69) is 19.4 Å². The Morgan fingerprint density at radius 2 is 2.67 bits per heavy atom. The van der Waals surface area contributed by atoms with Crippen LogP contribution < -0.4 is 4.74 Å². The van der Waals surface area contributed by atoms with Gasteiger partial charge in [-0.1, -0.05) is 0 Å². The first-order valence-corrected chi connectivity index (χ1v) is 2.38. The number of hydrogen-bond acceptors (Lipinski definition) is 4.